The molecule has 0 radical (unpaired) electrons. The Morgan fingerprint density at radius 3 is 1.43 bits per heavy atom. The Morgan fingerprint density at radius 1 is 0.952 bits per heavy atom. The van der Waals surface area contributed by atoms with Crippen LogP contribution in [0.2, 0.25) is 15.9 Å². The number of hydrogen-bond donors (Lipinski definition) is 0. The van der Waals surface area contributed by atoms with E-state index in [1.165, 1.54) is 24.3 Å². The van der Waals surface area contributed by atoms with Crippen molar-refractivity contribution in [1.82, 2.24) is 0 Å². The monoisotopic (exact) mass is 696 g/mol. The normalized spacial score (nSPS) is 13.7. The van der Waals surface area contributed by atoms with Gasteiger partial charge < -0.3 is 0 Å². The first-order valence-electron chi connectivity index (χ1n) is 4.77. The third kappa shape index (κ3) is 9.85. The minimum absolute atomic E-state index is 0. The van der Waals surface area contributed by atoms with E-state index in [-0.39, 0.29) is 103 Å². The molecule has 4 nitrogen and oxygen atoms in total. The van der Waals surface area contributed by atoms with Crippen LogP contribution in [0, 0.1) is 38.9 Å². The van der Waals surface area contributed by atoms with Gasteiger partial charge in [0.1, 0.15) is 0 Å². The second-order valence-corrected chi connectivity index (χ2v) is 20.9. The van der Waals surface area contributed by atoms with Crippen molar-refractivity contribution in [2.45, 2.75) is 29.3 Å². The average Bonchev–Trinajstić information content (AvgIpc) is 2.80. The van der Waals surface area contributed by atoms with Gasteiger partial charge in [-0.25, -0.2) is 0 Å². The Labute approximate surface area is 219 Å². The molecule has 0 aromatic rings. The first-order chi connectivity index (χ1) is 8.76. The molecule has 0 aliphatic heterocycles. The molecule has 0 spiro atoms. The van der Waals surface area contributed by atoms with Crippen LogP contribution in [-0.4, -0.2) is 0 Å². The van der Waals surface area contributed by atoms with E-state index in [4.69, 9.17) is 21.0 Å². The SMILES string of the molecule is CC1=[C]([Pt]([CH3])([CH3])[CH3])CC=C1.N#[C][Pt-2]([C]#N)([C]#N)[C]#N.[K+].[K+]. The number of nitriles is 4. The van der Waals surface area contributed by atoms with Crippen molar-refractivity contribution >= 4 is 0 Å². The maximum Gasteiger partial charge on any atom is 1.00 e. The largest absolute Gasteiger partial charge is 1.00 e. The van der Waals surface area contributed by atoms with E-state index in [0.29, 0.717) is 0 Å². The van der Waals surface area contributed by atoms with E-state index in [1.54, 1.807) is 9.54 Å². The van der Waals surface area contributed by atoms with Crippen LogP contribution in [0.4, 0.5) is 0 Å². The van der Waals surface area contributed by atoms with Crippen LogP contribution in [0.15, 0.2) is 21.7 Å². The summed E-state index contributed by atoms with van der Waals surface area (Å²) in [5.74, 6) is 0. The molecule has 0 fully saturated rings. The summed E-state index contributed by atoms with van der Waals surface area (Å²) < 4.78 is 7.62. The zero-order chi connectivity index (χ0) is 15.1. The van der Waals surface area contributed by atoms with E-state index in [0.717, 1.165) is 0 Å². The fourth-order valence-corrected chi connectivity index (χ4v) is 6.46. The molecule has 1 aliphatic rings. The molecule has 0 saturated carbocycles. The molecule has 8 heteroatoms. The second kappa shape index (κ2) is 13.4. The molecule has 0 unspecified atom stereocenters. The summed E-state index contributed by atoms with van der Waals surface area (Å²) in [5.41, 5.74) is 1.55. The van der Waals surface area contributed by atoms with Crippen LogP contribution in [-0.2, 0) is 32.1 Å². The number of nitrogens with zero attached hydrogens (tertiary/aromatic N) is 4. The molecule has 1 aliphatic carbocycles. The summed E-state index contributed by atoms with van der Waals surface area (Å²) >= 11 is -5.25. The van der Waals surface area contributed by atoms with Gasteiger partial charge in [-0.3, -0.25) is 0 Å². The molecule has 0 aromatic heterocycles. The van der Waals surface area contributed by atoms with Crippen molar-refractivity contribution in [1.29, 1.82) is 21.0 Å². The van der Waals surface area contributed by atoms with Crippen LogP contribution >= 0.6 is 0 Å². The van der Waals surface area contributed by atoms with Crippen molar-refractivity contribution < 1.29 is 135 Å². The van der Waals surface area contributed by atoms with Gasteiger partial charge in [-0.1, -0.05) is 0 Å². The van der Waals surface area contributed by atoms with Gasteiger partial charge in [0.15, 0.2) is 0 Å². The summed E-state index contributed by atoms with van der Waals surface area (Å²) in [4.78, 5) is 0. The Kier molecular flexibility index (Phi) is 17.8. The summed E-state index contributed by atoms with van der Waals surface area (Å²) in [7, 11) is 0. The van der Waals surface area contributed by atoms with Crippen molar-refractivity contribution in [2.24, 2.45) is 0 Å². The molecule has 0 bridgehead atoms. The predicted molar refractivity (Wildman–Crippen MR) is 66.5 cm³/mol. The molecular weight excluding hydrogens is 681 g/mol. The molecule has 0 aromatic carbocycles. The molecule has 0 heterocycles. The molecule has 1 rings (SSSR count). The summed E-state index contributed by atoms with van der Waals surface area (Å²) in [6, 6.07) is 0. The van der Waals surface area contributed by atoms with Crippen LogP contribution in [0.1, 0.15) is 13.3 Å². The van der Waals surface area contributed by atoms with Gasteiger partial charge in [-0.05, 0) is 0 Å². The van der Waals surface area contributed by atoms with Crippen molar-refractivity contribution in [3.8, 4) is 17.8 Å². The van der Waals surface area contributed by atoms with Crippen molar-refractivity contribution in [3.05, 3.63) is 21.7 Å². The van der Waals surface area contributed by atoms with E-state index < -0.39 is 32.1 Å². The Morgan fingerprint density at radius 2 is 1.33 bits per heavy atom. The molecular formula is C13H16K2N4Pt2. The van der Waals surface area contributed by atoms with E-state index in [1.807, 2.05) is 0 Å². The fourth-order valence-electron chi connectivity index (χ4n) is 1.24. The van der Waals surface area contributed by atoms with Crippen LogP contribution in [0.3, 0.4) is 0 Å². The number of hydrogen-bond acceptors (Lipinski definition) is 4. The Hall–Kier alpha value is 2.09. The van der Waals surface area contributed by atoms with E-state index in [2.05, 4.69) is 35.0 Å². The summed E-state index contributed by atoms with van der Waals surface area (Å²) in [6.07, 6.45) is 5.80. The smallest absolute Gasteiger partial charge is 1.00 e. The molecule has 0 atom stereocenters. The minimum Gasteiger partial charge on any atom is 1.00 e. The average molecular weight is 697 g/mol. The summed E-state index contributed by atoms with van der Waals surface area (Å²) in [6.45, 7) is 2.24. The van der Waals surface area contributed by atoms with Gasteiger partial charge in [0, 0.05) is 0 Å². The van der Waals surface area contributed by atoms with E-state index in [9.17, 15) is 0 Å². The van der Waals surface area contributed by atoms with Crippen LogP contribution in [0.5, 0.6) is 0 Å². The van der Waals surface area contributed by atoms with Gasteiger partial charge in [0.05, 0.1) is 0 Å². The molecule has 110 valence electrons. The Balaban J connectivity index is -0.000000284. The van der Waals surface area contributed by atoms with Gasteiger partial charge in [0.25, 0.3) is 0 Å². The first-order valence-corrected chi connectivity index (χ1v) is 17.3. The maximum atomic E-state index is 8.14. The third-order valence-electron chi connectivity index (χ3n) is 2.05. The van der Waals surface area contributed by atoms with Crippen molar-refractivity contribution in [2.75, 3.05) is 0 Å². The first kappa shape index (κ1) is 27.9. The molecule has 0 amide bonds. The van der Waals surface area contributed by atoms with E-state index >= 15 is 0 Å². The Bertz CT molecular complexity index is 516. The molecule has 0 saturated heterocycles. The van der Waals surface area contributed by atoms with Gasteiger partial charge in [-0.15, -0.1) is 0 Å². The topological polar surface area (TPSA) is 95.2 Å². The van der Waals surface area contributed by atoms with Gasteiger partial charge in [-0.2, -0.15) is 0 Å². The number of rotatable bonds is 1. The van der Waals surface area contributed by atoms with Gasteiger partial charge >= 0.3 is 225 Å². The third-order valence-corrected chi connectivity index (χ3v) is 10.6. The maximum absolute atomic E-state index is 8.14. The van der Waals surface area contributed by atoms with Crippen LogP contribution < -0.4 is 103 Å². The molecule has 0 N–H and O–H groups in total. The second-order valence-electron chi connectivity index (χ2n) is 3.84. The van der Waals surface area contributed by atoms with Crippen LogP contribution in [0.25, 0.3) is 0 Å². The predicted octanol–water partition coefficient (Wildman–Crippen LogP) is -2.41. The zero-order valence-corrected chi connectivity index (χ0v) is 24.1. The van der Waals surface area contributed by atoms with Gasteiger partial charge in [0.2, 0.25) is 0 Å². The quantitative estimate of drug-likeness (QED) is 0.286. The molecule has 21 heavy (non-hydrogen) atoms. The van der Waals surface area contributed by atoms with Crippen molar-refractivity contribution in [3.63, 3.8) is 0 Å². The standard InChI is InChI=1S/C6H7.4CN.3CH3.2K.2Pt/c1-6-4-2-3-5-6;4*1-2;;;;;;;/h2,4H,3H2,1H3;;;;;3*1H3;;;;/q;;;;;;;;2*+1;;-2. The zero-order valence-electron chi connectivity index (χ0n) is 13.3. The number of allylic oxidation sites excluding steroid dienone is 4. The fraction of sp³-hybridized carbons (Fsp3) is 0.385. The summed E-state index contributed by atoms with van der Waals surface area (Å²) in [5, 5.41) is 39.9. The minimum atomic E-state index is -3.88.